The highest BCUT2D eigenvalue weighted by atomic mass is 32.2. The monoisotopic (exact) mass is 252 g/mol. The van der Waals surface area contributed by atoms with Gasteiger partial charge in [-0.05, 0) is 33.4 Å². The van der Waals surface area contributed by atoms with Gasteiger partial charge in [0.15, 0.2) is 0 Å². The minimum absolute atomic E-state index is 0.0754. The summed E-state index contributed by atoms with van der Waals surface area (Å²) in [5.74, 6) is 0.166. The molecular weight excluding hydrogens is 228 g/mol. The predicted molar refractivity (Wildman–Crippen MR) is 66.0 cm³/mol. The Bertz CT molecular complexity index is 255. The molecule has 16 heavy (non-hydrogen) atoms. The summed E-state index contributed by atoms with van der Waals surface area (Å²) in [6.45, 7) is 8.29. The van der Waals surface area contributed by atoms with Gasteiger partial charge in [0.25, 0.3) is 0 Å². The van der Waals surface area contributed by atoms with Gasteiger partial charge in [-0.1, -0.05) is 6.92 Å². The van der Waals surface area contributed by atoms with Crippen LogP contribution in [0.2, 0.25) is 0 Å². The van der Waals surface area contributed by atoms with Gasteiger partial charge in [0.1, 0.15) is 0 Å². The molecule has 5 nitrogen and oxygen atoms in total. The predicted octanol–water partition coefficient (Wildman–Crippen LogP) is 0.330. The third-order valence-electron chi connectivity index (χ3n) is 2.06. The number of hydrogen-bond donors (Lipinski definition) is 2. The van der Waals surface area contributed by atoms with E-state index in [1.165, 1.54) is 0 Å². The lowest BCUT2D eigenvalue weighted by atomic mass is 10.4. The van der Waals surface area contributed by atoms with E-state index in [0.717, 1.165) is 13.1 Å². The second-order valence-corrected chi connectivity index (χ2v) is 5.57. The Morgan fingerprint density at radius 2 is 2.00 bits per heavy atom. The number of sulfonamides is 1. The first kappa shape index (κ1) is 15.8. The van der Waals surface area contributed by atoms with Gasteiger partial charge in [-0.15, -0.1) is 0 Å². The normalized spacial score (nSPS) is 13.9. The lowest BCUT2D eigenvalue weighted by Crippen LogP contribution is -2.34. The molecule has 0 fully saturated rings. The van der Waals surface area contributed by atoms with Crippen molar-refractivity contribution in [3.8, 4) is 0 Å². The molecule has 98 valence electrons. The molecule has 0 spiro atoms. The fraction of sp³-hybridized carbons (Fsp3) is 1.00. The van der Waals surface area contributed by atoms with Gasteiger partial charge in [-0.3, -0.25) is 0 Å². The molecule has 2 N–H and O–H groups in total. The zero-order chi connectivity index (χ0) is 12.4. The summed E-state index contributed by atoms with van der Waals surface area (Å²) in [5, 5.41) is 3.09. The van der Waals surface area contributed by atoms with E-state index in [-0.39, 0.29) is 11.9 Å². The smallest absolute Gasteiger partial charge is 0.211 e. The first-order chi connectivity index (χ1) is 7.52. The van der Waals surface area contributed by atoms with Gasteiger partial charge < -0.3 is 10.1 Å². The Hall–Kier alpha value is -0.170. The van der Waals surface area contributed by atoms with Crippen molar-refractivity contribution in [2.24, 2.45) is 0 Å². The van der Waals surface area contributed by atoms with Gasteiger partial charge in [0, 0.05) is 13.2 Å². The third-order valence-corrected chi connectivity index (χ3v) is 3.49. The first-order valence-electron chi connectivity index (χ1n) is 5.81. The third kappa shape index (κ3) is 9.08. The van der Waals surface area contributed by atoms with Gasteiger partial charge in [-0.2, -0.15) is 0 Å². The highest BCUT2D eigenvalue weighted by Gasteiger charge is 2.11. The molecular formula is C10H24N2O3S. The number of nitrogens with one attached hydrogen (secondary N) is 2. The van der Waals surface area contributed by atoms with E-state index in [1.54, 1.807) is 0 Å². The van der Waals surface area contributed by atoms with Crippen molar-refractivity contribution in [1.29, 1.82) is 0 Å². The molecule has 0 saturated carbocycles. The van der Waals surface area contributed by atoms with Crippen LogP contribution in [0.15, 0.2) is 0 Å². The van der Waals surface area contributed by atoms with Crippen LogP contribution >= 0.6 is 0 Å². The average Bonchev–Trinajstić information content (AvgIpc) is 2.22. The standard InChI is InChI=1S/C10H24N2O3S/c1-4-11-7-6-8-16(13,14)12-9-10(3)15-5-2/h10-12H,4-9H2,1-3H3. The number of rotatable bonds is 10. The molecule has 0 radical (unpaired) electrons. The van der Waals surface area contributed by atoms with Crippen LogP contribution in [-0.2, 0) is 14.8 Å². The lowest BCUT2D eigenvalue weighted by molar-refractivity contribution is 0.0799. The maximum atomic E-state index is 11.5. The van der Waals surface area contributed by atoms with Crippen LogP contribution in [0.1, 0.15) is 27.2 Å². The van der Waals surface area contributed by atoms with Crippen molar-refractivity contribution in [2.75, 3.05) is 32.0 Å². The molecule has 0 bridgehead atoms. The maximum Gasteiger partial charge on any atom is 0.211 e. The summed E-state index contributed by atoms with van der Waals surface area (Å²) < 4.78 is 30.8. The Kier molecular flexibility index (Phi) is 8.83. The SMILES string of the molecule is CCNCCCS(=O)(=O)NCC(C)OCC. The minimum Gasteiger partial charge on any atom is -0.377 e. The molecule has 1 atom stereocenters. The molecule has 0 aliphatic rings. The summed E-state index contributed by atoms with van der Waals surface area (Å²) >= 11 is 0. The van der Waals surface area contributed by atoms with Crippen molar-refractivity contribution in [1.82, 2.24) is 10.0 Å². The van der Waals surface area contributed by atoms with E-state index in [1.807, 2.05) is 20.8 Å². The largest absolute Gasteiger partial charge is 0.377 e. The van der Waals surface area contributed by atoms with Crippen LogP contribution in [0.3, 0.4) is 0 Å². The number of ether oxygens (including phenoxy) is 1. The van der Waals surface area contributed by atoms with Crippen molar-refractivity contribution in [3.63, 3.8) is 0 Å². The van der Waals surface area contributed by atoms with Crippen LogP contribution < -0.4 is 10.0 Å². The number of hydrogen-bond acceptors (Lipinski definition) is 4. The van der Waals surface area contributed by atoms with E-state index in [4.69, 9.17) is 4.74 Å². The topological polar surface area (TPSA) is 67.4 Å². The zero-order valence-corrected chi connectivity index (χ0v) is 11.3. The van der Waals surface area contributed by atoms with Gasteiger partial charge in [0.2, 0.25) is 10.0 Å². The van der Waals surface area contributed by atoms with Crippen molar-refractivity contribution in [2.45, 2.75) is 33.3 Å². The van der Waals surface area contributed by atoms with Crippen LogP contribution in [0.5, 0.6) is 0 Å². The molecule has 0 saturated heterocycles. The van der Waals surface area contributed by atoms with E-state index < -0.39 is 10.0 Å². The Labute approximate surface area is 99.0 Å². The molecule has 0 aliphatic carbocycles. The summed E-state index contributed by atoms with van der Waals surface area (Å²) in [5.41, 5.74) is 0. The summed E-state index contributed by atoms with van der Waals surface area (Å²) in [4.78, 5) is 0. The Morgan fingerprint density at radius 1 is 1.31 bits per heavy atom. The molecule has 1 unspecified atom stereocenters. The second-order valence-electron chi connectivity index (χ2n) is 3.64. The van der Waals surface area contributed by atoms with Crippen LogP contribution in [0.25, 0.3) is 0 Å². The van der Waals surface area contributed by atoms with Crippen molar-refractivity contribution < 1.29 is 13.2 Å². The van der Waals surface area contributed by atoms with Crippen molar-refractivity contribution >= 4 is 10.0 Å². The average molecular weight is 252 g/mol. The first-order valence-corrected chi connectivity index (χ1v) is 7.46. The van der Waals surface area contributed by atoms with Gasteiger partial charge in [0.05, 0.1) is 11.9 Å². The minimum atomic E-state index is -3.15. The van der Waals surface area contributed by atoms with Crippen LogP contribution in [0.4, 0.5) is 0 Å². The highest BCUT2D eigenvalue weighted by molar-refractivity contribution is 7.89. The summed E-state index contributed by atoms with van der Waals surface area (Å²) in [6.07, 6.45) is 0.556. The summed E-state index contributed by atoms with van der Waals surface area (Å²) in [7, 11) is -3.15. The molecule has 0 aromatic rings. The fourth-order valence-corrected chi connectivity index (χ4v) is 2.38. The van der Waals surface area contributed by atoms with Crippen LogP contribution in [-0.4, -0.2) is 46.5 Å². The van der Waals surface area contributed by atoms with E-state index >= 15 is 0 Å². The maximum absolute atomic E-state index is 11.5. The fourth-order valence-electron chi connectivity index (χ4n) is 1.22. The van der Waals surface area contributed by atoms with E-state index in [2.05, 4.69) is 10.0 Å². The molecule has 0 aromatic heterocycles. The van der Waals surface area contributed by atoms with Crippen molar-refractivity contribution in [3.05, 3.63) is 0 Å². The quantitative estimate of drug-likeness (QED) is 0.550. The molecule has 0 aliphatic heterocycles. The zero-order valence-electron chi connectivity index (χ0n) is 10.5. The molecule has 0 rings (SSSR count). The highest BCUT2D eigenvalue weighted by Crippen LogP contribution is 1.92. The lowest BCUT2D eigenvalue weighted by Gasteiger charge is -2.12. The van der Waals surface area contributed by atoms with Gasteiger partial charge in [-0.25, -0.2) is 13.1 Å². The molecule has 0 amide bonds. The molecule has 0 aromatic carbocycles. The second kappa shape index (κ2) is 8.92. The Balaban J connectivity index is 3.70. The van der Waals surface area contributed by atoms with Gasteiger partial charge >= 0.3 is 0 Å². The van der Waals surface area contributed by atoms with E-state index in [9.17, 15) is 8.42 Å². The molecule has 6 heteroatoms. The Morgan fingerprint density at radius 3 is 2.56 bits per heavy atom. The summed E-state index contributed by atoms with van der Waals surface area (Å²) in [6, 6.07) is 0. The molecule has 0 heterocycles. The van der Waals surface area contributed by atoms with Crippen LogP contribution in [0, 0.1) is 0 Å². The van der Waals surface area contributed by atoms with E-state index in [0.29, 0.717) is 19.6 Å².